The summed E-state index contributed by atoms with van der Waals surface area (Å²) in [6.07, 6.45) is 4.35. The van der Waals surface area contributed by atoms with Crippen LogP contribution in [-0.4, -0.2) is 38.2 Å². The van der Waals surface area contributed by atoms with Gasteiger partial charge in [-0.3, -0.25) is 9.48 Å². The Kier molecular flexibility index (Phi) is 3.42. The van der Waals surface area contributed by atoms with Crippen molar-refractivity contribution in [2.45, 2.75) is 25.3 Å². The molecule has 1 aromatic heterocycles. The molecule has 0 aromatic carbocycles. The normalized spacial score (nSPS) is 14.6. The van der Waals surface area contributed by atoms with E-state index in [0.29, 0.717) is 29.7 Å². The second-order valence-corrected chi connectivity index (χ2v) is 4.81. The van der Waals surface area contributed by atoms with Crippen LogP contribution in [0.5, 0.6) is 0 Å². The standard InChI is InChI=1S/C11H16N4OS/c1-14-9(4-6-13-14)11(16)15(8-2-3-8)7-5-10(12)17/h4,6,8H,2-3,5,7H2,1H3,(H2,12,17). The number of nitrogens with zero attached hydrogens (tertiary/aromatic N) is 3. The first-order chi connectivity index (χ1) is 8.09. The molecule has 2 N–H and O–H groups in total. The van der Waals surface area contributed by atoms with Gasteiger partial charge in [0.2, 0.25) is 0 Å². The zero-order valence-corrected chi connectivity index (χ0v) is 10.6. The molecule has 6 heteroatoms. The van der Waals surface area contributed by atoms with Crippen molar-refractivity contribution in [3.63, 3.8) is 0 Å². The molecule has 92 valence electrons. The Hall–Kier alpha value is -1.43. The monoisotopic (exact) mass is 252 g/mol. The quantitative estimate of drug-likeness (QED) is 0.784. The van der Waals surface area contributed by atoms with E-state index in [2.05, 4.69) is 5.10 Å². The lowest BCUT2D eigenvalue weighted by Crippen LogP contribution is -2.36. The maximum absolute atomic E-state index is 12.3. The Morgan fingerprint density at radius 3 is 2.88 bits per heavy atom. The van der Waals surface area contributed by atoms with Gasteiger partial charge in [-0.05, 0) is 18.9 Å². The van der Waals surface area contributed by atoms with Crippen molar-refractivity contribution >= 4 is 23.1 Å². The van der Waals surface area contributed by atoms with Crippen LogP contribution in [0.4, 0.5) is 0 Å². The third-order valence-corrected chi connectivity index (χ3v) is 3.09. The fraction of sp³-hybridized carbons (Fsp3) is 0.545. The van der Waals surface area contributed by atoms with Gasteiger partial charge in [0.25, 0.3) is 5.91 Å². The Labute approximate surface area is 106 Å². The van der Waals surface area contributed by atoms with E-state index >= 15 is 0 Å². The smallest absolute Gasteiger partial charge is 0.272 e. The maximum atomic E-state index is 12.3. The van der Waals surface area contributed by atoms with Crippen LogP contribution in [0.1, 0.15) is 29.8 Å². The number of carbonyl (C=O) groups is 1. The van der Waals surface area contributed by atoms with Gasteiger partial charge in [0.1, 0.15) is 5.69 Å². The van der Waals surface area contributed by atoms with Crippen LogP contribution in [0.2, 0.25) is 0 Å². The summed E-state index contributed by atoms with van der Waals surface area (Å²) < 4.78 is 1.60. The lowest BCUT2D eigenvalue weighted by molar-refractivity contribution is 0.0737. The van der Waals surface area contributed by atoms with Gasteiger partial charge in [0.15, 0.2) is 0 Å². The van der Waals surface area contributed by atoms with Crippen LogP contribution in [0.25, 0.3) is 0 Å². The number of nitrogens with two attached hydrogens (primary N) is 1. The van der Waals surface area contributed by atoms with Crippen molar-refractivity contribution in [2.24, 2.45) is 12.8 Å². The van der Waals surface area contributed by atoms with Crippen molar-refractivity contribution in [1.82, 2.24) is 14.7 Å². The minimum atomic E-state index is 0.0174. The first-order valence-electron chi connectivity index (χ1n) is 5.67. The van der Waals surface area contributed by atoms with Gasteiger partial charge in [-0.25, -0.2) is 0 Å². The fourth-order valence-electron chi connectivity index (χ4n) is 1.80. The molecule has 1 heterocycles. The molecule has 0 bridgehead atoms. The first-order valence-corrected chi connectivity index (χ1v) is 6.07. The Balaban J connectivity index is 2.08. The lowest BCUT2D eigenvalue weighted by atomic mass is 10.3. The molecule has 1 aliphatic carbocycles. The highest BCUT2D eigenvalue weighted by Gasteiger charge is 2.33. The average Bonchev–Trinajstić information content (AvgIpc) is 3.00. The Morgan fingerprint density at radius 2 is 2.41 bits per heavy atom. The van der Waals surface area contributed by atoms with Gasteiger partial charge in [-0.15, -0.1) is 0 Å². The molecule has 0 aliphatic heterocycles. The van der Waals surface area contributed by atoms with E-state index in [1.165, 1.54) is 0 Å². The molecule has 1 amide bonds. The number of carbonyl (C=O) groups excluding carboxylic acids is 1. The van der Waals surface area contributed by atoms with Crippen molar-refractivity contribution < 1.29 is 4.79 Å². The van der Waals surface area contributed by atoms with Crippen molar-refractivity contribution in [3.8, 4) is 0 Å². The largest absolute Gasteiger partial charge is 0.393 e. The molecule has 1 aromatic rings. The van der Waals surface area contributed by atoms with Crippen molar-refractivity contribution in [1.29, 1.82) is 0 Å². The summed E-state index contributed by atoms with van der Waals surface area (Å²) in [4.78, 5) is 14.6. The second kappa shape index (κ2) is 4.83. The molecule has 1 aliphatic rings. The van der Waals surface area contributed by atoms with Crippen LogP contribution in [0.15, 0.2) is 12.3 Å². The molecule has 0 saturated heterocycles. The Morgan fingerprint density at radius 1 is 1.71 bits per heavy atom. The van der Waals surface area contributed by atoms with Gasteiger partial charge in [0.05, 0.1) is 4.99 Å². The number of aryl methyl sites for hydroxylation is 1. The average molecular weight is 252 g/mol. The summed E-state index contributed by atoms with van der Waals surface area (Å²) in [5.41, 5.74) is 6.10. The van der Waals surface area contributed by atoms with E-state index in [9.17, 15) is 4.79 Å². The third kappa shape index (κ3) is 2.82. The minimum absolute atomic E-state index is 0.0174. The maximum Gasteiger partial charge on any atom is 0.272 e. The number of aromatic nitrogens is 2. The summed E-state index contributed by atoms with van der Waals surface area (Å²) in [5, 5.41) is 4.01. The molecule has 1 saturated carbocycles. The number of hydrogen-bond donors (Lipinski definition) is 1. The van der Waals surface area contributed by atoms with Gasteiger partial charge < -0.3 is 10.6 Å². The van der Waals surface area contributed by atoms with E-state index in [-0.39, 0.29) is 5.91 Å². The van der Waals surface area contributed by atoms with Crippen molar-refractivity contribution in [2.75, 3.05) is 6.54 Å². The van der Waals surface area contributed by atoms with Gasteiger partial charge >= 0.3 is 0 Å². The number of hydrogen-bond acceptors (Lipinski definition) is 3. The Bertz CT molecular complexity index is 438. The molecule has 2 rings (SSSR count). The summed E-state index contributed by atoms with van der Waals surface area (Å²) in [5.74, 6) is 0.0174. The highest BCUT2D eigenvalue weighted by molar-refractivity contribution is 7.80. The van der Waals surface area contributed by atoms with Gasteiger partial charge in [0, 0.05) is 32.3 Å². The first kappa shape index (κ1) is 12.0. The fourth-order valence-corrected chi connectivity index (χ4v) is 1.89. The van der Waals surface area contributed by atoms with Crippen LogP contribution >= 0.6 is 12.2 Å². The summed E-state index contributed by atoms with van der Waals surface area (Å²) in [6, 6.07) is 2.09. The summed E-state index contributed by atoms with van der Waals surface area (Å²) in [6.45, 7) is 0.601. The molecular formula is C11H16N4OS. The molecule has 0 atom stereocenters. The topological polar surface area (TPSA) is 64.2 Å². The molecule has 0 spiro atoms. The second-order valence-electron chi connectivity index (χ2n) is 4.29. The van der Waals surface area contributed by atoms with E-state index < -0.39 is 0 Å². The summed E-state index contributed by atoms with van der Waals surface area (Å²) >= 11 is 4.86. The van der Waals surface area contributed by atoms with Crippen molar-refractivity contribution in [3.05, 3.63) is 18.0 Å². The minimum Gasteiger partial charge on any atom is -0.393 e. The highest BCUT2D eigenvalue weighted by atomic mass is 32.1. The van der Waals surface area contributed by atoms with Gasteiger partial charge in [-0.2, -0.15) is 5.10 Å². The lowest BCUT2D eigenvalue weighted by Gasteiger charge is -2.22. The zero-order valence-electron chi connectivity index (χ0n) is 9.80. The summed E-state index contributed by atoms with van der Waals surface area (Å²) in [7, 11) is 1.77. The number of thiocarbonyl (C=S) groups is 1. The molecule has 5 nitrogen and oxygen atoms in total. The van der Waals surface area contributed by atoms with Crippen LogP contribution in [-0.2, 0) is 7.05 Å². The highest BCUT2D eigenvalue weighted by Crippen LogP contribution is 2.28. The molecular weight excluding hydrogens is 236 g/mol. The van der Waals surface area contributed by atoms with Crippen LogP contribution in [0.3, 0.4) is 0 Å². The molecule has 0 unspecified atom stereocenters. The number of amides is 1. The van der Waals surface area contributed by atoms with E-state index in [4.69, 9.17) is 18.0 Å². The van der Waals surface area contributed by atoms with Crippen LogP contribution < -0.4 is 5.73 Å². The molecule has 0 radical (unpaired) electrons. The molecule has 17 heavy (non-hydrogen) atoms. The number of rotatable bonds is 5. The van der Waals surface area contributed by atoms with Gasteiger partial charge in [-0.1, -0.05) is 12.2 Å². The predicted octanol–water partition coefficient (Wildman–Crippen LogP) is 0.701. The van der Waals surface area contributed by atoms with Crippen LogP contribution in [0, 0.1) is 0 Å². The van der Waals surface area contributed by atoms with E-state index in [0.717, 1.165) is 12.8 Å². The molecule has 1 fully saturated rings. The third-order valence-electron chi connectivity index (χ3n) is 2.89. The zero-order chi connectivity index (χ0) is 12.4. The van der Waals surface area contributed by atoms with E-state index in [1.54, 1.807) is 24.0 Å². The predicted molar refractivity (Wildman–Crippen MR) is 68.7 cm³/mol. The van der Waals surface area contributed by atoms with E-state index in [1.807, 2.05) is 4.90 Å². The SMILES string of the molecule is Cn1nccc1C(=O)N(CCC(N)=S)C1CC1.